The standard InChI is InChI=1S/C8H13N3O2/c1-5(2)11-7(12)9-6(3)10(4)8(11)13/h5H,3H2,1-2,4H3,(H,9,12). The van der Waals surface area contributed by atoms with Crippen LogP contribution in [0.15, 0.2) is 12.4 Å². The van der Waals surface area contributed by atoms with Crippen LogP contribution in [0.2, 0.25) is 0 Å². The molecule has 1 rings (SSSR count). The summed E-state index contributed by atoms with van der Waals surface area (Å²) in [5, 5.41) is 2.49. The van der Waals surface area contributed by atoms with E-state index in [1.54, 1.807) is 20.9 Å². The summed E-state index contributed by atoms with van der Waals surface area (Å²) in [7, 11) is 1.57. The van der Waals surface area contributed by atoms with Gasteiger partial charge in [0.1, 0.15) is 5.82 Å². The molecule has 0 spiro atoms. The van der Waals surface area contributed by atoms with Gasteiger partial charge in [-0.2, -0.15) is 0 Å². The van der Waals surface area contributed by atoms with Crippen LogP contribution < -0.4 is 5.32 Å². The maximum atomic E-state index is 11.5. The third-order valence-corrected chi connectivity index (χ3v) is 1.88. The average Bonchev–Trinajstić information content (AvgIpc) is 1.99. The maximum absolute atomic E-state index is 11.5. The van der Waals surface area contributed by atoms with Crippen LogP contribution in [0, 0.1) is 0 Å². The smallest absolute Gasteiger partial charge is 0.294 e. The van der Waals surface area contributed by atoms with E-state index in [1.165, 1.54) is 4.90 Å². The lowest BCUT2D eigenvalue weighted by atomic mass is 10.3. The summed E-state index contributed by atoms with van der Waals surface area (Å²) in [6.45, 7) is 7.09. The van der Waals surface area contributed by atoms with Crippen molar-refractivity contribution in [3.8, 4) is 0 Å². The Hall–Kier alpha value is -1.52. The number of carbonyl (C=O) groups is 2. The van der Waals surface area contributed by atoms with Gasteiger partial charge in [-0.15, -0.1) is 0 Å². The van der Waals surface area contributed by atoms with Gasteiger partial charge < -0.3 is 0 Å². The monoisotopic (exact) mass is 183 g/mol. The second-order valence-electron chi connectivity index (χ2n) is 3.18. The zero-order valence-corrected chi connectivity index (χ0v) is 8.00. The van der Waals surface area contributed by atoms with Crippen molar-refractivity contribution in [2.75, 3.05) is 7.05 Å². The Morgan fingerprint density at radius 3 is 2.38 bits per heavy atom. The first-order chi connectivity index (χ1) is 5.95. The van der Waals surface area contributed by atoms with Crippen LogP contribution in [-0.4, -0.2) is 35.0 Å². The summed E-state index contributed by atoms with van der Waals surface area (Å²) in [6.07, 6.45) is 0. The fourth-order valence-electron chi connectivity index (χ4n) is 1.09. The molecule has 0 unspecified atom stereocenters. The van der Waals surface area contributed by atoms with Gasteiger partial charge in [0.2, 0.25) is 0 Å². The van der Waals surface area contributed by atoms with E-state index in [0.717, 1.165) is 4.90 Å². The Morgan fingerprint density at radius 2 is 1.92 bits per heavy atom. The van der Waals surface area contributed by atoms with E-state index in [9.17, 15) is 9.59 Å². The van der Waals surface area contributed by atoms with Crippen LogP contribution in [0.5, 0.6) is 0 Å². The second-order valence-corrected chi connectivity index (χ2v) is 3.18. The van der Waals surface area contributed by atoms with Gasteiger partial charge in [0.15, 0.2) is 0 Å². The van der Waals surface area contributed by atoms with Crippen molar-refractivity contribution in [3.05, 3.63) is 12.4 Å². The fraction of sp³-hybridized carbons (Fsp3) is 0.500. The Labute approximate surface area is 77.0 Å². The van der Waals surface area contributed by atoms with E-state index in [0.29, 0.717) is 5.82 Å². The third-order valence-electron chi connectivity index (χ3n) is 1.88. The van der Waals surface area contributed by atoms with Crippen molar-refractivity contribution in [3.63, 3.8) is 0 Å². The molecule has 1 aliphatic rings. The molecular weight excluding hydrogens is 170 g/mol. The number of rotatable bonds is 1. The van der Waals surface area contributed by atoms with E-state index >= 15 is 0 Å². The highest BCUT2D eigenvalue weighted by atomic mass is 16.2. The van der Waals surface area contributed by atoms with Crippen molar-refractivity contribution in [1.29, 1.82) is 0 Å². The molecule has 0 radical (unpaired) electrons. The molecular formula is C8H13N3O2. The fourth-order valence-corrected chi connectivity index (χ4v) is 1.09. The second kappa shape index (κ2) is 3.08. The number of urea groups is 2. The maximum Gasteiger partial charge on any atom is 0.333 e. The van der Waals surface area contributed by atoms with E-state index in [-0.39, 0.29) is 12.1 Å². The van der Waals surface area contributed by atoms with Gasteiger partial charge in [-0.3, -0.25) is 10.2 Å². The van der Waals surface area contributed by atoms with Crippen LogP contribution in [0.4, 0.5) is 9.59 Å². The van der Waals surface area contributed by atoms with Crippen LogP contribution in [0.1, 0.15) is 13.8 Å². The first kappa shape index (κ1) is 9.57. The lowest BCUT2D eigenvalue weighted by molar-refractivity contribution is 0.145. The van der Waals surface area contributed by atoms with E-state index in [1.807, 2.05) is 0 Å². The molecule has 4 amide bonds. The van der Waals surface area contributed by atoms with Gasteiger partial charge in [0.25, 0.3) is 0 Å². The van der Waals surface area contributed by atoms with Crippen molar-refractivity contribution in [2.45, 2.75) is 19.9 Å². The van der Waals surface area contributed by atoms with Crippen LogP contribution >= 0.6 is 0 Å². The van der Waals surface area contributed by atoms with E-state index in [2.05, 4.69) is 11.9 Å². The number of amides is 4. The molecule has 0 saturated carbocycles. The molecule has 0 aromatic rings. The SMILES string of the molecule is C=C1NC(=O)N(C(C)C)C(=O)N1C. The van der Waals surface area contributed by atoms with Crippen LogP contribution in [-0.2, 0) is 0 Å². The first-order valence-electron chi connectivity index (χ1n) is 4.02. The van der Waals surface area contributed by atoms with Gasteiger partial charge in [-0.1, -0.05) is 6.58 Å². The number of hydrogen-bond donors (Lipinski definition) is 1. The third kappa shape index (κ3) is 1.49. The summed E-state index contributed by atoms with van der Waals surface area (Å²) in [5.41, 5.74) is 0. The molecule has 0 bridgehead atoms. The van der Waals surface area contributed by atoms with Crippen molar-refractivity contribution in [1.82, 2.24) is 15.1 Å². The molecule has 0 atom stereocenters. The number of imide groups is 1. The summed E-state index contributed by atoms with van der Waals surface area (Å²) < 4.78 is 0. The molecule has 1 fully saturated rings. The summed E-state index contributed by atoms with van der Waals surface area (Å²) in [4.78, 5) is 25.3. The zero-order chi connectivity index (χ0) is 10.2. The van der Waals surface area contributed by atoms with Crippen LogP contribution in [0.3, 0.4) is 0 Å². The largest absolute Gasteiger partial charge is 0.333 e. The normalized spacial score (nSPS) is 18.3. The Bertz CT molecular complexity index is 273. The Morgan fingerprint density at radius 1 is 1.38 bits per heavy atom. The Kier molecular flexibility index (Phi) is 2.27. The van der Waals surface area contributed by atoms with Crippen LogP contribution in [0.25, 0.3) is 0 Å². The minimum atomic E-state index is -0.414. The van der Waals surface area contributed by atoms with Gasteiger partial charge >= 0.3 is 12.1 Å². The Balaban J connectivity index is 2.92. The number of nitrogens with one attached hydrogen (secondary N) is 1. The first-order valence-corrected chi connectivity index (χ1v) is 4.02. The number of nitrogens with zero attached hydrogens (tertiary/aromatic N) is 2. The zero-order valence-electron chi connectivity index (χ0n) is 8.00. The van der Waals surface area contributed by atoms with Gasteiger partial charge in [-0.05, 0) is 13.8 Å². The molecule has 0 aliphatic carbocycles. The highest BCUT2D eigenvalue weighted by Crippen LogP contribution is 2.12. The van der Waals surface area contributed by atoms with Gasteiger partial charge in [0, 0.05) is 13.1 Å². The van der Waals surface area contributed by atoms with Gasteiger partial charge in [-0.25, -0.2) is 14.5 Å². The average molecular weight is 183 g/mol. The molecule has 1 saturated heterocycles. The van der Waals surface area contributed by atoms with Crippen molar-refractivity contribution >= 4 is 12.1 Å². The molecule has 0 aromatic heterocycles. The number of carbonyl (C=O) groups excluding carboxylic acids is 2. The summed E-state index contributed by atoms with van der Waals surface area (Å²) in [5.74, 6) is 0.312. The lowest BCUT2D eigenvalue weighted by Gasteiger charge is -2.35. The van der Waals surface area contributed by atoms with E-state index in [4.69, 9.17) is 0 Å². The quantitative estimate of drug-likeness (QED) is 0.657. The highest BCUT2D eigenvalue weighted by Gasteiger charge is 2.33. The topological polar surface area (TPSA) is 52.7 Å². The van der Waals surface area contributed by atoms with Gasteiger partial charge in [0.05, 0.1) is 0 Å². The highest BCUT2D eigenvalue weighted by molar-refractivity contribution is 5.98. The molecule has 1 heterocycles. The minimum Gasteiger partial charge on any atom is -0.294 e. The molecule has 5 heteroatoms. The molecule has 1 aliphatic heterocycles. The molecule has 0 aromatic carbocycles. The molecule has 72 valence electrons. The lowest BCUT2D eigenvalue weighted by Crippen LogP contribution is -2.58. The molecule has 1 N–H and O–H groups in total. The summed E-state index contributed by atoms with van der Waals surface area (Å²) in [6, 6.07) is -0.908. The summed E-state index contributed by atoms with van der Waals surface area (Å²) >= 11 is 0. The predicted octanol–water partition coefficient (Wildman–Crippen LogP) is 0.943. The molecule has 5 nitrogen and oxygen atoms in total. The van der Waals surface area contributed by atoms with E-state index < -0.39 is 6.03 Å². The number of hydrogen-bond acceptors (Lipinski definition) is 2. The van der Waals surface area contributed by atoms with Crippen molar-refractivity contribution < 1.29 is 9.59 Å². The predicted molar refractivity (Wildman–Crippen MR) is 47.8 cm³/mol. The minimum absolute atomic E-state index is 0.150. The van der Waals surface area contributed by atoms with Crippen molar-refractivity contribution in [2.24, 2.45) is 0 Å². The molecule has 13 heavy (non-hydrogen) atoms.